The van der Waals surface area contributed by atoms with Crippen LogP contribution in [0.15, 0.2) is 109 Å². The monoisotopic (exact) mass is 423 g/mol. The van der Waals surface area contributed by atoms with Crippen LogP contribution in [0.5, 0.6) is 0 Å². The van der Waals surface area contributed by atoms with Crippen LogP contribution in [0.1, 0.15) is 32.6 Å². The van der Waals surface area contributed by atoms with Gasteiger partial charge in [-0.3, -0.25) is 0 Å². The summed E-state index contributed by atoms with van der Waals surface area (Å²) in [5.74, 6) is -0.517. The Morgan fingerprint density at radius 1 is 0.742 bits per heavy atom. The van der Waals surface area contributed by atoms with Gasteiger partial charge < -0.3 is 4.74 Å². The molecule has 0 fully saturated rings. The van der Waals surface area contributed by atoms with Gasteiger partial charge in [-0.05, 0) is 30.3 Å². The minimum Gasteiger partial charge on any atom is -0.441 e. The smallest absolute Gasteiger partial charge is 0.339 e. The van der Waals surface area contributed by atoms with Gasteiger partial charge >= 0.3 is 5.97 Å². The van der Waals surface area contributed by atoms with E-state index in [9.17, 15) is 4.79 Å². The van der Waals surface area contributed by atoms with Crippen LogP contribution in [0.3, 0.4) is 0 Å². The first-order chi connectivity index (χ1) is 15.1. The van der Waals surface area contributed by atoms with Crippen LogP contribution in [0.4, 0.5) is 0 Å². The summed E-state index contributed by atoms with van der Waals surface area (Å²) in [6.07, 6.45) is 0. The van der Waals surface area contributed by atoms with E-state index in [1.54, 1.807) is 30.3 Å². The normalized spacial score (nSPS) is 10.8. The second-order valence-electron chi connectivity index (χ2n) is 6.97. The third kappa shape index (κ3) is 3.94. The molecule has 0 saturated carbocycles. The average Bonchev–Trinajstić information content (AvgIpc) is 2.84. The largest absolute Gasteiger partial charge is 0.441 e. The molecule has 0 unspecified atom stereocenters. The fourth-order valence-electron chi connectivity index (χ4n) is 3.62. The van der Waals surface area contributed by atoms with Gasteiger partial charge in [-0.1, -0.05) is 90.5 Å². The van der Waals surface area contributed by atoms with Gasteiger partial charge in [0.1, 0.15) is 0 Å². The molecule has 31 heavy (non-hydrogen) atoms. The summed E-state index contributed by atoms with van der Waals surface area (Å²) in [6, 6.07) is 34.9. The maximum absolute atomic E-state index is 13.3. The first kappa shape index (κ1) is 20.4. The molecule has 0 N–H and O–H groups in total. The van der Waals surface area contributed by atoms with Crippen LogP contribution in [-0.4, -0.2) is 5.97 Å². The average molecular weight is 424 g/mol. The van der Waals surface area contributed by atoms with Crippen molar-refractivity contribution in [3.63, 3.8) is 0 Å². The molecule has 4 aromatic rings. The van der Waals surface area contributed by atoms with Crippen molar-refractivity contribution in [1.29, 1.82) is 5.26 Å². The van der Waals surface area contributed by atoms with E-state index in [4.69, 9.17) is 21.6 Å². The second-order valence-corrected chi connectivity index (χ2v) is 7.38. The molecule has 0 aliphatic rings. The number of esters is 1. The summed E-state index contributed by atoms with van der Waals surface area (Å²) in [4.78, 5) is 13.3. The molecule has 0 heterocycles. The number of benzene rings is 4. The van der Waals surface area contributed by atoms with Gasteiger partial charge in [-0.25, -0.2) is 4.79 Å². The first-order valence-electron chi connectivity index (χ1n) is 9.75. The maximum Gasteiger partial charge on any atom is 0.339 e. The molecule has 0 aliphatic heterocycles. The van der Waals surface area contributed by atoms with Crippen molar-refractivity contribution < 1.29 is 9.53 Å². The van der Waals surface area contributed by atoms with Crippen LogP contribution in [0.25, 0.3) is 0 Å². The van der Waals surface area contributed by atoms with E-state index in [0.29, 0.717) is 21.7 Å². The number of nitriles is 1. The zero-order valence-electron chi connectivity index (χ0n) is 16.5. The van der Waals surface area contributed by atoms with Crippen molar-refractivity contribution in [1.82, 2.24) is 0 Å². The fraction of sp³-hybridized carbons (Fsp3) is 0.0370. The molecule has 0 radical (unpaired) electrons. The number of carbonyl (C=O) groups excluding carboxylic acids is 1. The number of hydrogen-bond donors (Lipinski definition) is 0. The zero-order chi connectivity index (χ0) is 21.7. The van der Waals surface area contributed by atoms with Crippen LogP contribution < -0.4 is 0 Å². The van der Waals surface area contributed by atoms with Crippen LogP contribution >= 0.6 is 11.6 Å². The minimum absolute atomic E-state index is 0.349. The van der Waals surface area contributed by atoms with Crippen molar-refractivity contribution in [3.05, 3.63) is 142 Å². The van der Waals surface area contributed by atoms with Crippen molar-refractivity contribution in [3.8, 4) is 6.07 Å². The number of halogens is 1. The lowest BCUT2D eigenvalue weighted by Gasteiger charge is -2.36. The van der Waals surface area contributed by atoms with Gasteiger partial charge in [0.2, 0.25) is 0 Å². The molecular weight excluding hydrogens is 406 g/mol. The van der Waals surface area contributed by atoms with E-state index in [0.717, 1.165) is 11.1 Å². The predicted octanol–water partition coefficient (Wildman–Crippen LogP) is 6.36. The zero-order valence-corrected chi connectivity index (χ0v) is 17.3. The molecule has 3 nitrogen and oxygen atoms in total. The van der Waals surface area contributed by atoms with Crippen LogP contribution in [-0.2, 0) is 10.3 Å². The molecule has 0 saturated heterocycles. The number of ether oxygens (including phenoxy) is 1. The lowest BCUT2D eigenvalue weighted by molar-refractivity contribution is 0.0142. The summed E-state index contributed by atoms with van der Waals surface area (Å²) in [7, 11) is 0. The Labute approximate surface area is 186 Å². The fourth-order valence-corrected chi connectivity index (χ4v) is 3.89. The summed E-state index contributed by atoms with van der Waals surface area (Å²) < 4.78 is 6.33. The number of nitrogens with zero attached hydrogens (tertiary/aromatic N) is 1. The van der Waals surface area contributed by atoms with Gasteiger partial charge in [0.05, 0.1) is 17.2 Å². The van der Waals surface area contributed by atoms with E-state index in [1.807, 2.05) is 78.9 Å². The molecular formula is C27H18ClNO2. The van der Waals surface area contributed by atoms with Crippen LogP contribution in [0.2, 0.25) is 5.02 Å². The molecule has 0 spiro atoms. The SMILES string of the molecule is N#Cc1ccc(C(=O)OC(c2ccccc2)(c2ccccc2)c2ccccc2Cl)cc1. The molecule has 4 aromatic carbocycles. The second kappa shape index (κ2) is 8.87. The molecule has 0 aliphatic carbocycles. The van der Waals surface area contributed by atoms with E-state index in [2.05, 4.69) is 6.07 Å². The Morgan fingerprint density at radius 2 is 1.26 bits per heavy atom. The number of hydrogen-bond acceptors (Lipinski definition) is 3. The molecule has 0 atom stereocenters. The molecule has 150 valence electrons. The Hall–Kier alpha value is -3.87. The summed E-state index contributed by atoms with van der Waals surface area (Å²) in [6.45, 7) is 0. The Balaban J connectivity index is 1.94. The highest BCUT2D eigenvalue weighted by Gasteiger charge is 2.42. The lowest BCUT2D eigenvalue weighted by Crippen LogP contribution is -2.35. The third-order valence-corrected chi connectivity index (χ3v) is 5.44. The van der Waals surface area contributed by atoms with Gasteiger partial charge in [-0.15, -0.1) is 0 Å². The van der Waals surface area contributed by atoms with Gasteiger partial charge in [0.15, 0.2) is 5.60 Å². The lowest BCUT2D eigenvalue weighted by atomic mass is 9.80. The first-order valence-corrected chi connectivity index (χ1v) is 10.1. The highest BCUT2D eigenvalue weighted by molar-refractivity contribution is 6.31. The molecule has 0 aromatic heterocycles. The Kier molecular flexibility index (Phi) is 5.84. The number of carbonyl (C=O) groups is 1. The van der Waals surface area contributed by atoms with Gasteiger partial charge in [0.25, 0.3) is 0 Å². The molecule has 0 amide bonds. The molecule has 4 heteroatoms. The standard InChI is InChI=1S/C27H18ClNO2/c28-25-14-8-7-13-24(25)27(22-9-3-1-4-10-22,23-11-5-2-6-12-23)31-26(30)21-17-15-20(19-29)16-18-21/h1-18H. The van der Waals surface area contributed by atoms with Crippen molar-refractivity contribution in [2.24, 2.45) is 0 Å². The Morgan fingerprint density at radius 3 is 1.77 bits per heavy atom. The van der Waals surface area contributed by atoms with Crippen molar-refractivity contribution in [2.45, 2.75) is 5.60 Å². The molecule has 4 rings (SSSR count). The third-order valence-electron chi connectivity index (χ3n) is 5.11. The van der Waals surface area contributed by atoms with Crippen LogP contribution in [0, 0.1) is 11.3 Å². The topological polar surface area (TPSA) is 50.1 Å². The summed E-state index contributed by atoms with van der Waals surface area (Å²) >= 11 is 6.65. The van der Waals surface area contributed by atoms with E-state index in [1.165, 1.54) is 0 Å². The Bertz CT molecular complexity index is 1190. The summed E-state index contributed by atoms with van der Waals surface area (Å²) in [5.41, 5.74) is 1.78. The number of rotatable bonds is 5. The van der Waals surface area contributed by atoms with E-state index < -0.39 is 11.6 Å². The van der Waals surface area contributed by atoms with Gasteiger partial charge in [0, 0.05) is 21.7 Å². The highest BCUT2D eigenvalue weighted by Crippen LogP contribution is 2.43. The maximum atomic E-state index is 13.3. The predicted molar refractivity (Wildman–Crippen MR) is 121 cm³/mol. The van der Waals surface area contributed by atoms with E-state index >= 15 is 0 Å². The van der Waals surface area contributed by atoms with E-state index in [-0.39, 0.29) is 0 Å². The highest BCUT2D eigenvalue weighted by atomic mass is 35.5. The quantitative estimate of drug-likeness (QED) is 0.277. The summed E-state index contributed by atoms with van der Waals surface area (Å²) in [5, 5.41) is 9.54. The van der Waals surface area contributed by atoms with Crippen molar-refractivity contribution in [2.75, 3.05) is 0 Å². The van der Waals surface area contributed by atoms with Crippen molar-refractivity contribution >= 4 is 17.6 Å². The minimum atomic E-state index is -1.26. The van der Waals surface area contributed by atoms with Gasteiger partial charge in [-0.2, -0.15) is 5.26 Å². The molecule has 0 bridgehead atoms.